The highest BCUT2D eigenvalue weighted by atomic mass is 19.4. The van der Waals surface area contributed by atoms with Crippen LogP contribution in [-0.2, 0) is 6.18 Å². The van der Waals surface area contributed by atoms with Gasteiger partial charge >= 0.3 is 6.18 Å². The molecule has 2 aliphatic rings. The fourth-order valence-corrected chi connectivity index (χ4v) is 2.88. The zero-order chi connectivity index (χ0) is 17.1. The lowest BCUT2D eigenvalue weighted by Crippen LogP contribution is -2.39. The van der Waals surface area contributed by atoms with Gasteiger partial charge in [-0.15, -0.1) is 10.2 Å². The molecule has 0 spiro atoms. The molecule has 0 bridgehead atoms. The first-order valence-electron chi connectivity index (χ1n) is 6.88. The summed E-state index contributed by atoms with van der Waals surface area (Å²) in [5, 5.41) is 7.40. The number of pyridine rings is 1. The van der Waals surface area contributed by atoms with Crippen LogP contribution in [0.1, 0.15) is 17.0 Å². The Kier molecular flexibility index (Phi) is 2.87. The van der Waals surface area contributed by atoms with Crippen molar-refractivity contribution in [3.8, 4) is 0 Å². The SMILES string of the molecule is CN1C(c2nnco2)=CN2c3[nH]c(=O)cc(C(F)(F)F)c3C=CC12. The first kappa shape index (κ1) is 14.5. The number of hydrogen-bond acceptors (Lipinski definition) is 6. The number of aromatic nitrogens is 3. The summed E-state index contributed by atoms with van der Waals surface area (Å²) in [4.78, 5) is 17.5. The van der Waals surface area contributed by atoms with Crippen molar-refractivity contribution in [1.82, 2.24) is 20.1 Å². The molecule has 2 aromatic rings. The summed E-state index contributed by atoms with van der Waals surface area (Å²) < 4.78 is 44.8. The molecule has 10 heteroatoms. The lowest BCUT2D eigenvalue weighted by molar-refractivity contribution is -0.137. The second-order valence-electron chi connectivity index (χ2n) is 5.36. The highest BCUT2D eigenvalue weighted by Gasteiger charge is 2.40. The van der Waals surface area contributed by atoms with Gasteiger partial charge in [0, 0.05) is 24.9 Å². The van der Waals surface area contributed by atoms with Crippen molar-refractivity contribution in [3.63, 3.8) is 0 Å². The van der Waals surface area contributed by atoms with Crippen LogP contribution in [0.3, 0.4) is 0 Å². The Morgan fingerprint density at radius 3 is 2.83 bits per heavy atom. The Labute approximate surface area is 132 Å². The summed E-state index contributed by atoms with van der Waals surface area (Å²) in [5.74, 6) is 0.305. The number of likely N-dealkylation sites (N-methyl/N-ethyl adjacent to an activating group) is 1. The van der Waals surface area contributed by atoms with Crippen LogP contribution in [0.2, 0.25) is 0 Å². The second kappa shape index (κ2) is 4.73. The van der Waals surface area contributed by atoms with Gasteiger partial charge in [-0.05, 0) is 6.08 Å². The van der Waals surface area contributed by atoms with E-state index >= 15 is 0 Å². The fraction of sp³-hybridized carbons (Fsp3) is 0.214. The molecule has 7 nitrogen and oxygen atoms in total. The summed E-state index contributed by atoms with van der Waals surface area (Å²) in [5.41, 5.74) is -1.35. The van der Waals surface area contributed by atoms with Gasteiger partial charge in [0.2, 0.25) is 12.0 Å². The summed E-state index contributed by atoms with van der Waals surface area (Å²) in [6.07, 6.45) is 0.663. The Bertz CT molecular complexity index is 913. The van der Waals surface area contributed by atoms with E-state index in [2.05, 4.69) is 15.2 Å². The van der Waals surface area contributed by atoms with Crippen molar-refractivity contribution in [1.29, 1.82) is 0 Å². The zero-order valence-corrected chi connectivity index (χ0v) is 12.2. The van der Waals surface area contributed by atoms with Gasteiger partial charge in [-0.25, -0.2) is 0 Å². The average Bonchev–Trinajstić information content (AvgIpc) is 3.13. The molecule has 4 rings (SSSR count). The van der Waals surface area contributed by atoms with Crippen molar-refractivity contribution in [2.75, 3.05) is 11.9 Å². The maximum Gasteiger partial charge on any atom is 0.417 e. The molecule has 0 aromatic carbocycles. The summed E-state index contributed by atoms with van der Waals surface area (Å²) in [6.45, 7) is 0. The molecule has 0 fully saturated rings. The van der Waals surface area contributed by atoms with Crippen LogP contribution < -0.4 is 10.5 Å². The van der Waals surface area contributed by atoms with Crippen LogP contribution in [0.25, 0.3) is 11.8 Å². The maximum atomic E-state index is 13.2. The van der Waals surface area contributed by atoms with Gasteiger partial charge in [0.15, 0.2) is 0 Å². The molecule has 0 saturated heterocycles. The van der Waals surface area contributed by atoms with E-state index in [0.29, 0.717) is 11.8 Å². The number of halogens is 3. The third-order valence-corrected chi connectivity index (χ3v) is 3.96. The molecule has 0 saturated carbocycles. The minimum atomic E-state index is -4.62. The van der Waals surface area contributed by atoms with E-state index in [1.54, 1.807) is 24.2 Å². The smallest absolute Gasteiger partial charge is 0.417 e. The Hall–Kier alpha value is -3.04. The van der Waals surface area contributed by atoms with Crippen molar-refractivity contribution in [2.24, 2.45) is 0 Å². The Balaban J connectivity index is 1.89. The normalized spacial score (nSPS) is 19.3. The lowest BCUT2D eigenvalue weighted by Gasteiger charge is -2.32. The van der Waals surface area contributed by atoms with E-state index in [9.17, 15) is 18.0 Å². The van der Waals surface area contributed by atoms with Crippen LogP contribution in [0.5, 0.6) is 0 Å². The van der Waals surface area contributed by atoms with Gasteiger partial charge in [-0.2, -0.15) is 13.2 Å². The van der Waals surface area contributed by atoms with E-state index in [1.165, 1.54) is 11.0 Å². The zero-order valence-electron chi connectivity index (χ0n) is 12.2. The van der Waals surface area contributed by atoms with Gasteiger partial charge in [0.1, 0.15) is 17.7 Å². The van der Waals surface area contributed by atoms with Crippen LogP contribution >= 0.6 is 0 Å². The molecular weight excluding hydrogens is 327 g/mol. The first-order valence-corrected chi connectivity index (χ1v) is 6.88. The van der Waals surface area contributed by atoms with Crippen LogP contribution in [0, 0.1) is 0 Å². The number of hydrogen-bond donors (Lipinski definition) is 1. The molecule has 2 aromatic heterocycles. The number of H-pyrrole nitrogens is 1. The summed E-state index contributed by atoms with van der Waals surface area (Å²) in [6, 6.07) is 0.561. The molecule has 1 N–H and O–H groups in total. The van der Waals surface area contributed by atoms with E-state index in [4.69, 9.17) is 4.42 Å². The van der Waals surface area contributed by atoms with Gasteiger partial charge in [0.25, 0.3) is 5.89 Å². The Morgan fingerprint density at radius 2 is 2.17 bits per heavy atom. The van der Waals surface area contributed by atoms with Crippen LogP contribution in [0.4, 0.5) is 19.0 Å². The molecule has 1 atom stereocenters. The van der Waals surface area contributed by atoms with E-state index in [-0.39, 0.29) is 17.3 Å². The molecule has 0 amide bonds. The molecule has 0 aliphatic carbocycles. The number of rotatable bonds is 1. The minimum Gasteiger partial charge on any atom is -0.422 e. The van der Waals surface area contributed by atoms with Gasteiger partial charge < -0.3 is 19.2 Å². The standard InChI is InChI=1S/C14H10F3N5O2/c1-21-9(13-20-18-6-24-13)5-22-11(21)3-2-7-8(14(15,16)17)4-10(23)19-12(7)22/h2-6,11H,1H3,(H,19,23). The van der Waals surface area contributed by atoms with Crippen molar-refractivity contribution in [3.05, 3.63) is 52.1 Å². The minimum absolute atomic E-state index is 0.0729. The first-order chi connectivity index (χ1) is 11.4. The molecular formula is C14H10F3N5O2. The van der Waals surface area contributed by atoms with Crippen molar-refractivity contribution in [2.45, 2.75) is 12.3 Å². The molecule has 2 aliphatic heterocycles. The number of anilines is 1. The Morgan fingerprint density at radius 1 is 1.38 bits per heavy atom. The molecule has 0 radical (unpaired) electrons. The predicted molar refractivity (Wildman–Crippen MR) is 77.4 cm³/mol. The second-order valence-corrected chi connectivity index (χ2v) is 5.36. The fourth-order valence-electron chi connectivity index (χ4n) is 2.88. The average molecular weight is 337 g/mol. The molecule has 24 heavy (non-hydrogen) atoms. The van der Waals surface area contributed by atoms with Gasteiger partial charge in [-0.1, -0.05) is 6.08 Å². The predicted octanol–water partition coefficient (Wildman–Crippen LogP) is 1.88. The number of nitrogens with one attached hydrogen (secondary N) is 1. The van der Waals surface area contributed by atoms with Crippen molar-refractivity contribution < 1.29 is 17.6 Å². The van der Waals surface area contributed by atoms with Crippen molar-refractivity contribution >= 4 is 17.6 Å². The highest BCUT2D eigenvalue weighted by molar-refractivity contribution is 5.78. The largest absolute Gasteiger partial charge is 0.422 e. The van der Waals surface area contributed by atoms with E-state index < -0.39 is 23.5 Å². The summed E-state index contributed by atoms with van der Waals surface area (Å²) >= 11 is 0. The lowest BCUT2D eigenvalue weighted by atomic mass is 10.0. The number of alkyl halides is 3. The number of nitrogens with zero attached hydrogens (tertiary/aromatic N) is 4. The number of aromatic amines is 1. The van der Waals surface area contributed by atoms with Gasteiger partial charge in [0.05, 0.1) is 5.56 Å². The van der Waals surface area contributed by atoms with Crippen LogP contribution in [-0.4, -0.2) is 33.3 Å². The quantitative estimate of drug-likeness (QED) is 0.856. The van der Waals surface area contributed by atoms with Crippen LogP contribution in [0.15, 0.2) is 33.9 Å². The maximum absolute atomic E-state index is 13.2. The monoisotopic (exact) mass is 337 g/mol. The van der Waals surface area contributed by atoms with E-state index in [0.717, 1.165) is 6.39 Å². The third-order valence-electron chi connectivity index (χ3n) is 3.96. The molecule has 1 unspecified atom stereocenters. The van der Waals surface area contributed by atoms with E-state index in [1.807, 2.05) is 0 Å². The number of fused-ring (bicyclic) bond motifs is 3. The summed E-state index contributed by atoms with van der Waals surface area (Å²) in [7, 11) is 1.74. The van der Waals surface area contributed by atoms with Gasteiger partial charge in [-0.3, -0.25) is 4.79 Å². The molecule has 4 heterocycles. The topological polar surface area (TPSA) is 78.3 Å². The third kappa shape index (κ3) is 2.02. The molecule has 124 valence electrons. The highest BCUT2D eigenvalue weighted by Crippen LogP contribution is 2.41.